The molecule has 0 N–H and O–H groups in total. The SMILES string of the molecule is CC(C)(C)c1ccc2c(c1)=[C-]C1=CC(C3=CC=CC3)(C(C)(C)C)C=CC=21.[Cl-].[Cl-].[Hf]. The molecule has 0 heterocycles. The zero-order valence-electron chi connectivity index (χ0n) is 18.2. The van der Waals surface area contributed by atoms with Crippen molar-refractivity contribution in [1.82, 2.24) is 0 Å². The van der Waals surface area contributed by atoms with E-state index in [2.05, 4.69) is 102 Å². The summed E-state index contributed by atoms with van der Waals surface area (Å²) in [5.41, 5.74) is 5.68. The smallest absolute Gasteiger partial charge is 0.00635 e. The summed E-state index contributed by atoms with van der Waals surface area (Å²) in [6, 6.07) is 6.88. The molecule has 154 valence electrons. The molecule has 29 heavy (non-hydrogen) atoms. The molecule has 1 unspecified atom stereocenters. The molecule has 3 heteroatoms. The summed E-state index contributed by atoms with van der Waals surface area (Å²) in [4.78, 5) is 0. The monoisotopic (exact) mass is 591 g/mol. The average Bonchev–Trinajstić information content (AvgIpc) is 3.19. The first-order valence-corrected chi connectivity index (χ1v) is 9.69. The van der Waals surface area contributed by atoms with E-state index < -0.39 is 0 Å². The van der Waals surface area contributed by atoms with Gasteiger partial charge < -0.3 is 24.8 Å². The minimum atomic E-state index is -0.0444. The Balaban J connectivity index is 0.00000140. The zero-order chi connectivity index (χ0) is 18.7. The summed E-state index contributed by atoms with van der Waals surface area (Å²) < 4.78 is 0. The number of fused-ring (bicyclic) bond motifs is 2. The summed E-state index contributed by atoms with van der Waals surface area (Å²) in [7, 11) is 0. The summed E-state index contributed by atoms with van der Waals surface area (Å²) in [5.74, 6) is 0. The van der Waals surface area contributed by atoms with Crippen molar-refractivity contribution in [2.24, 2.45) is 10.8 Å². The van der Waals surface area contributed by atoms with Gasteiger partial charge >= 0.3 is 0 Å². The van der Waals surface area contributed by atoms with E-state index in [9.17, 15) is 0 Å². The second-order valence-electron chi connectivity index (χ2n) is 9.88. The van der Waals surface area contributed by atoms with Crippen LogP contribution in [0.25, 0.3) is 11.6 Å². The molecule has 3 aliphatic carbocycles. The second-order valence-corrected chi connectivity index (χ2v) is 9.88. The van der Waals surface area contributed by atoms with E-state index in [1.54, 1.807) is 0 Å². The Morgan fingerprint density at radius 3 is 2.24 bits per heavy atom. The summed E-state index contributed by atoms with van der Waals surface area (Å²) in [6.45, 7) is 13.8. The van der Waals surface area contributed by atoms with Crippen LogP contribution in [0.4, 0.5) is 0 Å². The Morgan fingerprint density at radius 2 is 1.69 bits per heavy atom. The summed E-state index contributed by atoms with van der Waals surface area (Å²) >= 11 is 0. The molecular formula is C26H29Cl2Hf-3. The fourth-order valence-electron chi connectivity index (χ4n) is 4.39. The first kappa shape index (κ1) is 26.4. The van der Waals surface area contributed by atoms with Gasteiger partial charge in [-0.3, -0.25) is 0 Å². The maximum Gasteiger partial charge on any atom is 0.00635 e. The Hall–Kier alpha value is -0.630. The van der Waals surface area contributed by atoms with Gasteiger partial charge in [-0.2, -0.15) is 0 Å². The third kappa shape index (κ3) is 4.39. The van der Waals surface area contributed by atoms with Gasteiger partial charge in [0.25, 0.3) is 0 Å². The molecule has 1 aromatic rings. The maximum atomic E-state index is 3.72. The van der Waals surface area contributed by atoms with Crippen molar-refractivity contribution in [3.05, 3.63) is 81.8 Å². The van der Waals surface area contributed by atoms with Gasteiger partial charge in [-0.1, -0.05) is 95.2 Å². The van der Waals surface area contributed by atoms with Crippen LogP contribution in [0.2, 0.25) is 0 Å². The van der Waals surface area contributed by atoms with Crippen LogP contribution < -0.4 is 35.3 Å². The molecule has 0 aliphatic heterocycles. The van der Waals surface area contributed by atoms with Crippen molar-refractivity contribution < 1.29 is 50.7 Å². The maximum absolute atomic E-state index is 3.72. The molecule has 3 aliphatic rings. The van der Waals surface area contributed by atoms with E-state index in [0.29, 0.717) is 0 Å². The molecule has 0 fully saturated rings. The van der Waals surface area contributed by atoms with Gasteiger partial charge in [0, 0.05) is 31.3 Å². The van der Waals surface area contributed by atoms with Gasteiger partial charge in [0.05, 0.1) is 0 Å². The number of benzene rings is 1. The molecule has 0 bridgehead atoms. The number of rotatable bonds is 1. The molecule has 0 aromatic heterocycles. The van der Waals surface area contributed by atoms with Gasteiger partial charge in [0.2, 0.25) is 0 Å². The van der Waals surface area contributed by atoms with Crippen molar-refractivity contribution in [3.63, 3.8) is 0 Å². The third-order valence-electron chi connectivity index (χ3n) is 6.16. The van der Waals surface area contributed by atoms with Crippen LogP contribution in [0.5, 0.6) is 0 Å². The molecule has 0 amide bonds. The van der Waals surface area contributed by atoms with Crippen LogP contribution in [0.1, 0.15) is 53.5 Å². The second kappa shape index (κ2) is 8.85. The topological polar surface area (TPSA) is 0 Å². The molecule has 0 saturated carbocycles. The van der Waals surface area contributed by atoms with Crippen molar-refractivity contribution >= 4 is 11.6 Å². The number of halogens is 2. The van der Waals surface area contributed by atoms with Crippen LogP contribution >= 0.6 is 0 Å². The minimum Gasteiger partial charge on any atom is -1.00 e. The van der Waals surface area contributed by atoms with E-state index in [1.807, 2.05) is 0 Å². The summed E-state index contributed by atoms with van der Waals surface area (Å²) in [5, 5.41) is 2.56. The van der Waals surface area contributed by atoms with E-state index in [4.69, 9.17) is 0 Å². The van der Waals surface area contributed by atoms with Gasteiger partial charge in [0.1, 0.15) is 0 Å². The molecule has 1 atom stereocenters. The summed E-state index contributed by atoms with van der Waals surface area (Å²) in [6.07, 6.45) is 18.8. The normalized spacial score (nSPS) is 21.7. The molecule has 0 spiro atoms. The number of allylic oxidation sites excluding steroid dienone is 8. The standard InChI is InChI=1S/C26H29.2ClH.Hf/c1-24(2,3)21-11-12-22-18(16-21)15-19-17-26(25(4,5)6,14-13-23(19)22)20-9-7-8-10-20;;;/h7-9,11-14,16-17H,10H2,1-6H3;2*1H;/q-1;;;/p-2. The van der Waals surface area contributed by atoms with E-state index in [-0.39, 0.29) is 66.9 Å². The van der Waals surface area contributed by atoms with Gasteiger partial charge in [-0.25, -0.2) is 0 Å². The fraction of sp³-hybridized carbons (Fsp3) is 0.385. The number of hydrogen-bond acceptors (Lipinski definition) is 0. The molecule has 0 radical (unpaired) electrons. The van der Waals surface area contributed by atoms with E-state index >= 15 is 0 Å². The average molecular weight is 591 g/mol. The van der Waals surface area contributed by atoms with Crippen LogP contribution in [0, 0.1) is 10.8 Å². The van der Waals surface area contributed by atoms with Gasteiger partial charge in [-0.05, 0) is 17.3 Å². The van der Waals surface area contributed by atoms with E-state index in [0.717, 1.165) is 6.42 Å². The Bertz CT molecular complexity index is 1020. The van der Waals surface area contributed by atoms with Crippen LogP contribution in [-0.4, -0.2) is 0 Å². The predicted molar refractivity (Wildman–Crippen MR) is 112 cm³/mol. The van der Waals surface area contributed by atoms with Crippen molar-refractivity contribution in [3.8, 4) is 0 Å². The first-order chi connectivity index (χ1) is 12.1. The number of hydrogen-bond donors (Lipinski definition) is 0. The third-order valence-corrected chi connectivity index (χ3v) is 6.16. The Labute approximate surface area is 207 Å². The van der Waals surface area contributed by atoms with Crippen LogP contribution in [0.3, 0.4) is 0 Å². The molecule has 1 aromatic carbocycles. The Morgan fingerprint density at radius 1 is 1.00 bits per heavy atom. The quantitative estimate of drug-likeness (QED) is 0.298. The van der Waals surface area contributed by atoms with Crippen LogP contribution in [-0.2, 0) is 31.3 Å². The largest absolute Gasteiger partial charge is 1.00 e. The van der Waals surface area contributed by atoms with Crippen molar-refractivity contribution in [2.75, 3.05) is 0 Å². The molecule has 0 nitrogen and oxygen atoms in total. The zero-order valence-corrected chi connectivity index (χ0v) is 23.3. The molecular weight excluding hydrogens is 562 g/mol. The van der Waals surface area contributed by atoms with Crippen molar-refractivity contribution in [1.29, 1.82) is 0 Å². The fourth-order valence-corrected chi connectivity index (χ4v) is 4.39. The minimum absolute atomic E-state index is 0. The Kier molecular flexibility index (Phi) is 8.06. The van der Waals surface area contributed by atoms with E-state index in [1.165, 1.54) is 32.7 Å². The molecule has 0 saturated heterocycles. The predicted octanol–water partition coefficient (Wildman–Crippen LogP) is -0.774. The molecule has 4 rings (SSSR count). The first-order valence-electron chi connectivity index (χ1n) is 9.69. The van der Waals surface area contributed by atoms with Crippen molar-refractivity contribution in [2.45, 2.75) is 53.4 Å². The van der Waals surface area contributed by atoms with Gasteiger partial charge in [0.15, 0.2) is 0 Å². The van der Waals surface area contributed by atoms with Gasteiger partial charge in [-0.15, -0.1) is 39.8 Å². The van der Waals surface area contributed by atoms with Crippen LogP contribution in [0.15, 0.2) is 65.8 Å².